The van der Waals surface area contributed by atoms with Crippen molar-refractivity contribution >= 4 is 11.6 Å². The predicted octanol–water partition coefficient (Wildman–Crippen LogP) is 3.88. The maximum absolute atomic E-state index is 12.8. The topological polar surface area (TPSA) is 76.1 Å². The molecule has 0 radical (unpaired) electrons. The average molecular weight is 374 g/mol. The second-order valence-electron chi connectivity index (χ2n) is 9.50. The van der Waals surface area contributed by atoms with Gasteiger partial charge in [-0.05, 0) is 49.4 Å². The van der Waals surface area contributed by atoms with Gasteiger partial charge in [-0.25, -0.2) is 0 Å². The molecule has 4 rings (SSSR count). The molecule has 1 aliphatic heterocycles. The number of carbonyl (C=O) groups is 2. The van der Waals surface area contributed by atoms with Crippen LogP contribution in [0.4, 0.5) is 0 Å². The fraction of sp³-hybridized carbons (Fsp3) is 0.727. The van der Waals surface area contributed by atoms with Crippen molar-refractivity contribution in [2.24, 2.45) is 22.7 Å². The zero-order chi connectivity index (χ0) is 19.6. The van der Waals surface area contributed by atoms with Crippen molar-refractivity contribution in [3.05, 3.63) is 23.2 Å². The van der Waals surface area contributed by atoms with E-state index in [2.05, 4.69) is 20.8 Å². The standard InChI is InChI=1S/C22H30O5/c1-13-7-9-21(3)17(6-5-8-22(21)12-27-22)20(13,2)11-14-18(24)15(23)10-16(26-4)19(14)25/h10,13,17,24H,5-9,11-12H2,1-4H3/t13-,17-,20+,21+,22-/m0/s1. The Balaban J connectivity index is 1.72. The number of carbonyl (C=O) groups excluding carboxylic acids is 2. The third-order valence-corrected chi connectivity index (χ3v) is 8.45. The molecule has 2 saturated carbocycles. The lowest BCUT2D eigenvalue weighted by Gasteiger charge is -2.60. The summed E-state index contributed by atoms with van der Waals surface area (Å²) in [6, 6.07) is 0. The Bertz CT molecular complexity index is 759. The van der Waals surface area contributed by atoms with Crippen LogP contribution in [0.25, 0.3) is 0 Å². The molecule has 3 aliphatic carbocycles. The summed E-state index contributed by atoms with van der Waals surface area (Å²) in [5.41, 5.74) is 0.124. The molecule has 4 aliphatic rings. The number of fused-ring (bicyclic) bond motifs is 2. The molecule has 1 N–H and O–H groups in total. The van der Waals surface area contributed by atoms with E-state index in [1.54, 1.807) is 0 Å². The Morgan fingerprint density at radius 1 is 1.26 bits per heavy atom. The molecule has 5 nitrogen and oxygen atoms in total. The van der Waals surface area contributed by atoms with E-state index in [0.29, 0.717) is 18.3 Å². The number of allylic oxidation sites excluding steroid dienone is 2. The molecule has 3 fully saturated rings. The van der Waals surface area contributed by atoms with E-state index in [1.807, 2.05) is 0 Å². The maximum Gasteiger partial charge on any atom is 0.227 e. The highest BCUT2D eigenvalue weighted by atomic mass is 16.6. The van der Waals surface area contributed by atoms with Gasteiger partial charge >= 0.3 is 0 Å². The Morgan fingerprint density at radius 3 is 2.59 bits per heavy atom. The number of aliphatic hydroxyl groups excluding tert-OH is 1. The fourth-order valence-electron chi connectivity index (χ4n) is 6.38. The molecule has 1 spiro atoms. The zero-order valence-electron chi connectivity index (χ0n) is 16.8. The second kappa shape index (κ2) is 5.94. The highest BCUT2D eigenvalue weighted by Crippen LogP contribution is 2.68. The molecule has 0 aromatic heterocycles. The van der Waals surface area contributed by atoms with E-state index in [4.69, 9.17) is 9.47 Å². The van der Waals surface area contributed by atoms with Gasteiger partial charge in [-0.1, -0.05) is 27.2 Å². The van der Waals surface area contributed by atoms with Crippen molar-refractivity contribution in [3.63, 3.8) is 0 Å². The summed E-state index contributed by atoms with van der Waals surface area (Å²) >= 11 is 0. The third-order valence-electron chi connectivity index (χ3n) is 8.45. The minimum atomic E-state index is -0.540. The van der Waals surface area contributed by atoms with Crippen LogP contribution in [0.15, 0.2) is 23.2 Å². The van der Waals surface area contributed by atoms with Crippen LogP contribution in [0.2, 0.25) is 0 Å². The van der Waals surface area contributed by atoms with Crippen LogP contribution in [0.3, 0.4) is 0 Å². The molecule has 0 amide bonds. The van der Waals surface area contributed by atoms with Gasteiger partial charge in [-0.2, -0.15) is 0 Å². The van der Waals surface area contributed by atoms with Crippen LogP contribution >= 0.6 is 0 Å². The Hall–Kier alpha value is -1.62. The van der Waals surface area contributed by atoms with Crippen molar-refractivity contribution < 1.29 is 24.2 Å². The minimum Gasteiger partial charge on any atom is -0.504 e. The van der Waals surface area contributed by atoms with E-state index in [9.17, 15) is 14.7 Å². The van der Waals surface area contributed by atoms with Crippen molar-refractivity contribution in [2.75, 3.05) is 13.7 Å². The molecular formula is C22H30O5. The molecule has 0 aromatic rings. The van der Waals surface area contributed by atoms with Gasteiger partial charge < -0.3 is 14.6 Å². The van der Waals surface area contributed by atoms with Crippen LogP contribution in [0, 0.1) is 22.7 Å². The first-order valence-electron chi connectivity index (χ1n) is 10.1. The van der Waals surface area contributed by atoms with Crippen LogP contribution in [-0.2, 0) is 19.1 Å². The first-order valence-corrected chi connectivity index (χ1v) is 10.1. The average Bonchev–Trinajstić information content (AvgIpc) is 3.42. The largest absolute Gasteiger partial charge is 0.504 e. The monoisotopic (exact) mass is 374 g/mol. The highest BCUT2D eigenvalue weighted by Gasteiger charge is 2.68. The molecule has 5 heteroatoms. The maximum atomic E-state index is 12.8. The Morgan fingerprint density at radius 2 is 1.96 bits per heavy atom. The fourth-order valence-corrected chi connectivity index (χ4v) is 6.38. The number of Topliss-reactive ketones (excluding diaryl/α,β-unsaturated/α-hetero) is 1. The number of ether oxygens (including phenoxy) is 2. The van der Waals surface area contributed by atoms with Gasteiger partial charge in [0.25, 0.3) is 0 Å². The molecule has 1 heterocycles. The van der Waals surface area contributed by atoms with E-state index in [1.165, 1.54) is 7.11 Å². The van der Waals surface area contributed by atoms with Crippen LogP contribution < -0.4 is 0 Å². The van der Waals surface area contributed by atoms with E-state index in [0.717, 1.165) is 44.8 Å². The first-order chi connectivity index (χ1) is 12.7. The summed E-state index contributed by atoms with van der Waals surface area (Å²) in [6.07, 6.45) is 7.04. The molecule has 1 saturated heterocycles. The van der Waals surface area contributed by atoms with Gasteiger partial charge in [-0.3, -0.25) is 9.59 Å². The summed E-state index contributed by atoms with van der Waals surface area (Å²) in [6.45, 7) is 7.68. The quantitative estimate of drug-likeness (QED) is 0.599. The van der Waals surface area contributed by atoms with Crippen LogP contribution in [-0.4, -0.2) is 36.0 Å². The summed E-state index contributed by atoms with van der Waals surface area (Å²) in [5.74, 6) is -0.497. The zero-order valence-corrected chi connectivity index (χ0v) is 16.8. The lowest BCUT2D eigenvalue weighted by atomic mass is 9.44. The number of hydrogen-bond acceptors (Lipinski definition) is 5. The van der Waals surface area contributed by atoms with Crippen molar-refractivity contribution in [1.82, 2.24) is 0 Å². The summed E-state index contributed by atoms with van der Waals surface area (Å²) in [7, 11) is 1.38. The van der Waals surface area contributed by atoms with Crippen molar-refractivity contribution in [1.29, 1.82) is 0 Å². The summed E-state index contributed by atoms with van der Waals surface area (Å²) in [5, 5.41) is 10.4. The molecule has 27 heavy (non-hydrogen) atoms. The minimum absolute atomic E-state index is 0.00225. The molecular weight excluding hydrogens is 344 g/mol. The molecule has 148 valence electrons. The number of rotatable bonds is 3. The van der Waals surface area contributed by atoms with Gasteiger partial charge in [0, 0.05) is 17.1 Å². The third kappa shape index (κ3) is 2.47. The van der Waals surface area contributed by atoms with Crippen molar-refractivity contribution in [3.8, 4) is 0 Å². The molecule has 0 aromatic carbocycles. The molecule has 0 bridgehead atoms. The van der Waals surface area contributed by atoms with Gasteiger partial charge in [-0.15, -0.1) is 0 Å². The number of hydrogen-bond donors (Lipinski definition) is 1. The van der Waals surface area contributed by atoms with Gasteiger partial charge in [0.05, 0.1) is 19.3 Å². The Kier molecular flexibility index (Phi) is 4.12. The number of ketones is 2. The van der Waals surface area contributed by atoms with E-state index in [-0.39, 0.29) is 33.5 Å². The van der Waals surface area contributed by atoms with Gasteiger partial charge in [0.2, 0.25) is 11.6 Å². The predicted molar refractivity (Wildman–Crippen MR) is 100 cm³/mol. The first kappa shape index (κ1) is 18.7. The van der Waals surface area contributed by atoms with Crippen LogP contribution in [0.1, 0.15) is 59.3 Å². The summed E-state index contributed by atoms with van der Waals surface area (Å²) < 4.78 is 11.1. The lowest BCUT2D eigenvalue weighted by Crippen LogP contribution is -2.57. The molecule has 5 atom stereocenters. The van der Waals surface area contributed by atoms with Gasteiger partial charge in [0.1, 0.15) is 0 Å². The number of aliphatic hydroxyl groups is 1. The Labute approximate surface area is 160 Å². The van der Waals surface area contributed by atoms with E-state index < -0.39 is 11.5 Å². The number of methoxy groups -OCH3 is 1. The lowest BCUT2D eigenvalue weighted by molar-refractivity contribution is -0.126. The van der Waals surface area contributed by atoms with E-state index >= 15 is 0 Å². The summed E-state index contributed by atoms with van der Waals surface area (Å²) in [4.78, 5) is 25.0. The molecule has 0 unspecified atom stereocenters. The second-order valence-corrected chi connectivity index (χ2v) is 9.50. The highest BCUT2D eigenvalue weighted by molar-refractivity contribution is 6.20. The van der Waals surface area contributed by atoms with Crippen molar-refractivity contribution in [2.45, 2.75) is 64.9 Å². The van der Waals surface area contributed by atoms with Crippen LogP contribution in [0.5, 0.6) is 0 Å². The van der Waals surface area contributed by atoms with Gasteiger partial charge in [0.15, 0.2) is 11.5 Å². The SMILES string of the molecule is COC1=CC(=O)C(O)=C(C[C@]2(C)[C@@H](C)CC[C@]3(C)[C@H]2CCC[C@]32CO2)C1=O. The normalized spacial score (nSPS) is 44.2. The smallest absolute Gasteiger partial charge is 0.227 e. The number of epoxide rings is 1.